The molecular formula is C14H14ClN3OS. The number of nitrogens with one attached hydrogen (secondary N) is 1. The summed E-state index contributed by atoms with van der Waals surface area (Å²) in [7, 11) is 0. The van der Waals surface area contributed by atoms with Crippen LogP contribution < -0.4 is 11.1 Å². The van der Waals surface area contributed by atoms with E-state index >= 15 is 0 Å². The summed E-state index contributed by atoms with van der Waals surface area (Å²) in [4.78, 5) is 16.0. The summed E-state index contributed by atoms with van der Waals surface area (Å²) >= 11 is 7.28. The Hall–Kier alpha value is -1.72. The van der Waals surface area contributed by atoms with Crippen molar-refractivity contribution >= 4 is 40.6 Å². The number of anilines is 2. The van der Waals surface area contributed by atoms with Gasteiger partial charge in [0.2, 0.25) is 5.91 Å². The van der Waals surface area contributed by atoms with Gasteiger partial charge in [0, 0.05) is 17.6 Å². The van der Waals surface area contributed by atoms with Crippen LogP contribution in [0.2, 0.25) is 5.02 Å². The van der Waals surface area contributed by atoms with E-state index in [2.05, 4.69) is 10.3 Å². The fourth-order valence-electron chi connectivity index (χ4n) is 1.59. The maximum absolute atomic E-state index is 11.9. The number of benzene rings is 1. The van der Waals surface area contributed by atoms with Crippen LogP contribution in [0.4, 0.5) is 11.4 Å². The molecule has 0 aliphatic heterocycles. The van der Waals surface area contributed by atoms with Gasteiger partial charge in [-0.05, 0) is 36.8 Å². The number of nitrogens with zero attached hydrogens (tertiary/aromatic N) is 1. The molecule has 1 aromatic carbocycles. The molecule has 20 heavy (non-hydrogen) atoms. The SMILES string of the molecule is Cc1c(N)cccc1NC(=O)CSc1ncccc1Cl. The lowest BCUT2D eigenvalue weighted by atomic mass is 10.1. The summed E-state index contributed by atoms with van der Waals surface area (Å²) in [5.41, 5.74) is 8.04. The van der Waals surface area contributed by atoms with Crippen molar-refractivity contribution in [2.45, 2.75) is 11.9 Å². The summed E-state index contributed by atoms with van der Waals surface area (Å²) in [6, 6.07) is 8.93. The number of hydrogen-bond donors (Lipinski definition) is 2. The normalized spacial score (nSPS) is 10.3. The minimum atomic E-state index is -0.120. The van der Waals surface area contributed by atoms with E-state index in [9.17, 15) is 4.79 Å². The second kappa shape index (κ2) is 6.63. The quantitative estimate of drug-likeness (QED) is 0.671. The van der Waals surface area contributed by atoms with Crippen molar-refractivity contribution < 1.29 is 4.79 Å². The third-order valence-electron chi connectivity index (χ3n) is 2.71. The molecular weight excluding hydrogens is 294 g/mol. The molecule has 0 saturated heterocycles. The van der Waals surface area contributed by atoms with Crippen molar-refractivity contribution in [1.82, 2.24) is 4.98 Å². The first-order valence-corrected chi connectivity index (χ1v) is 7.32. The number of aromatic nitrogens is 1. The molecule has 1 amide bonds. The number of carbonyl (C=O) groups is 1. The molecule has 3 N–H and O–H groups in total. The van der Waals surface area contributed by atoms with Crippen molar-refractivity contribution in [2.24, 2.45) is 0 Å². The molecule has 0 fully saturated rings. The second-order valence-corrected chi connectivity index (χ2v) is 5.52. The van der Waals surface area contributed by atoms with Gasteiger partial charge < -0.3 is 11.1 Å². The van der Waals surface area contributed by atoms with Crippen molar-refractivity contribution in [3.63, 3.8) is 0 Å². The summed E-state index contributed by atoms with van der Waals surface area (Å²) < 4.78 is 0. The van der Waals surface area contributed by atoms with Crippen LogP contribution >= 0.6 is 23.4 Å². The summed E-state index contributed by atoms with van der Waals surface area (Å²) in [5.74, 6) is 0.121. The predicted octanol–water partition coefficient (Wildman–Crippen LogP) is 3.36. The standard InChI is InChI=1S/C14H14ClN3OS/c1-9-11(16)5-2-6-12(9)18-13(19)8-20-14-10(15)4-3-7-17-14/h2-7H,8,16H2,1H3,(H,18,19). The number of carbonyl (C=O) groups excluding carboxylic acids is 1. The van der Waals surface area contributed by atoms with Gasteiger partial charge in [0.15, 0.2) is 0 Å². The van der Waals surface area contributed by atoms with Gasteiger partial charge in [0.05, 0.1) is 10.8 Å². The molecule has 6 heteroatoms. The number of nitrogen functional groups attached to an aromatic ring is 1. The van der Waals surface area contributed by atoms with Crippen molar-refractivity contribution in [1.29, 1.82) is 0 Å². The monoisotopic (exact) mass is 307 g/mol. The van der Waals surface area contributed by atoms with Crippen LogP contribution in [0.5, 0.6) is 0 Å². The predicted molar refractivity (Wildman–Crippen MR) is 84.2 cm³/mol. The van der Waals surface area contributed by atoms with Crippen LogP contribution in [0, 0.1) is 6.92 Å². The smallest absolute Gasteiger partial charge is 0.234 e. The first kappa shape index (κ1) is 14.7. The van der Waals surface area contributed by atoms with E-state index in [-0.39, 0.29) is 11.7 Å². The van der Waals surface area contributed by atoms with Gasteiger partial charge in [-0.25, -0.2) is 4.98 Å². The van der Waals surface area contributed by atoms with Crippen molar-refractivity contribution in [3.05, 3.63) is 47.1 Å². The van der Waals surface area contributed by atoms with Crippen LogP contribution in [-0.4, -0.2) is 16.6 Å². The van der Waals surface area contributed by atoms with E-state index in [4.69, 9.17) is 17.3 Å². The van der Waals surface area contributed by atoms with Crippen LogP contribution in [0.15, 0.2) is 41.6 Å². The highest BCUT2D eigenvalue weighted by molar-refractivity contribution is 8.00. The highest BCUT2D eigenvalue weighted by Crippen LogP contribution is 2.25. The number of rotatable bonds is 4. The topological polar surface area (TPSA) is 68.0 Å². The Morgan fingerprint density at radius 1 is 1.40 bits per heavy atom. The van der Waals surface area contributed by atoms with E-state index < -0.39 is 0 Å². The zero-order valence-corrected chi connectivity index (χ0v) is 12.5. The molecule has 104 valence electrons. The Morgan fingerprint density at radius 3 is 2.95 bits per heavy atom. The van der Waals surface area contributed by atoms with Crippen LogP contribution in [-0.2, 0) is 4.79 Å². The molecule has 2 aromatic rings. The van der Waals surface area contributed by atoms with Gasteiger partial charge in [-0.2, -0.15) is 0 Å². The summed E-state index contributed by atoms with van der Waals surface area (Å²) in [5, 5.41) is 4.02. The minimum Gasteiger partial charge on any atom is -0.398 e. The Morgan fingerprint density at radius 2 is 2.20 bits per heavy atom. The molecule has 0 radical (unpaired) electrons. The highest BCUT2D eigenvalue weighted by Gasteiger charge is 2.09. The number of pyridine rings is 1. The Labute approximate surface area is 126 Å². The molecule has 4 nitrogen and oxygen atoms in total. The molecule has 0 atom stereocenters. The maximum Gasteiger partial charge on any atom is 0.234 e. The molecule has 0 saturated carbocycles. The average molecular weight is 308 g/mol. The van der Waals surface area contributed by atoms with Gasteiger partial charge >= 0.3 is 0 Å². The van der Waals surface area contributed by atoms with Gasteiger partial charge in [-0.15, -0.1) is 0 Å². The third-order valence-corrected chi connectivity index (χ3v) is 4.14. The Kier molecular flexibility index (Phi) is 4.87. The fraction of sp³-hybridized carbons (Fsp3) is 0.143. The van der Waals surface area contributed by atoms with Crippen LogP contribution in [0.1, 0.15) is 5.56 Å². The molecule has 1 aromatic heterocycles. The van der Waals surface area contributed by atoms with Crippen LogP contribution in [0.3, 0.4) is 0 Å². The first-order chi connectivity index (χ1) is 9.58. The lowest BCUT2D eigenvalue weighted by Crippen LogP contribution is -2.15. The number of thioether (sulfide) groups is 1. The van der Waals surface area contributed by atoms with Crippen LogP contribution in [0.25, 0.3) is 0 Å². The van der Waals surface area contributed by atoms with Gasteiger partial charge in [0.25, 0.3) is 0 Å². The molecule has 0 bridgehead atoms. The number of amides is 1. The first-order valence-electron chi connectivity index (χ1n) is 5.96. The largest absolute Gasteiger partial charge is 0.398 e. The average Bonchev–Trinajstić information content (AvgIpc) is 2.43. The lowest BCUT2D eigenvalue weighted by molar-refractivity contribution is -0.113. The number of hydrogen-bond acceptors (Lipinski definition) is 4. The van der Waals surface area contributed by atoms with Crippen molar-refractivity contribution in [2.75, 3.05) is 16.8 Å². The summed E-state index contributed by atoms with van der Waals surface area (Å²) in [6.45, 7) is 1.87. The molecule has 1 heterocycles. The minimum absolute atomic E-state index is 0.120. The number of nitrogens with two attached hydrogens (primary N) is 1. The molecule has 0 spiro atoms. The molecule has 2 rings (SSSR count). The van der Waals surface area contributed by atoms with Gasteiger partial charge in [-0.1, -0.05) is 29.4 Å². The number of halogens is 1. The van der Waals surface area contributed by atoms with Gasteiger partial charge in [-0.3, -0.25) is 4.79 Å². The zero-order valence-electron chi connectivity index (χ0n) is 10.9. The summed E-state index contributed by atoms with van der Waals surface area (Å²) in [6.07, 6.45) is 1.65. The van der Waals surface area contributed by atoms with E-state index in [1.165, 1.54) is 11.8 Å². The van der Waals surface area contributed by atoms with E-state index in [0.29, 0.717) is 15.7 Å². The van der Waals surface area contributed by atoms with E-state index in [1.54, 1.807) is 30.5 Å². The van der Waals surface area contributed by atoms with Crippen molar-refractivity contribution in [3.8, 4) is 0 Å². The molecule has 0 aliphatic rings. The lowest BCUT2D eigenvalue weighted by Gasteiger charge is -2.10. The van der Waals surface area contributed by atoms with E-state index in [0.717, 1.165) is 11.3 Å². The Balaban J connectivity index is 1.96. The fourth-order valence-corrected chi connectivity index (χ4v) is 2.55. The molecule has 0 aliphatic carbocycles. The maximum atomic E-state index is 11.9. The molecule has 0 unspecified atom stereocenters. The zero-order chi connectivity index (χ0) is 14.5. The van der Waals surface area contributed by atoms with E-state index in [1.807, 2.05) is 13.0 Å². The van der Waals surface area contributed by atoms with Gasteiger partial charge in [0.1, 0.15) is 5.03 Å². The Bertz CT molecular complexity index is 634. The second-order valence-electron chi connectivity index (χ2n) is 4.15. The highest BCUT2D eigenvalue weighted by atomic mass is 35.5. The third kappa shape index (κ3) is 3.65.